The van der Waals surface area contributed by atoms with E-state index < -0.39 is 10.0 Å². The summed E-state index contributed by atoms with van der Waals surface area (Å²) in [7, 11) is -3.66. The number of anilines is 2. The summed E-state index contributed by atoms with van der Waals surface area (Å²) < 4.78 is 28.3. The first kappa shape index (κ1) is 18.1. The van der Waals surface area contributed by atoms with E-state index in [1.165, 1.54) is 6.42 Å². The van der Waals surface area contributed by atoms with Gasteiger partial charge < -0.3 is 4.90 Å². The van der Waals surface area contributed by atoms with Gasteiger partial charge in [-0.2, -0.15) is 0 Å². The molecule has 134 valence electrons. The van der Waals surface area contributed by atoms with Gasteiger partial charge in [-0.15, -0.1) is 0 Å². The Labute approximate surface area is 154 Å². The zero-order chi connectivity index (χ0) is 18.0. The molecule has 1 N–H and O–H groups in total. The van der Waals surface area contributed by atoms with Gasteiger partial charge in [-0.1, -0.05) is 29.3 Å². The molecule has 1 aliphatic rings. The van der Waals surface area contributed by atoms with Crippen LogP contribution in [0.4, 0.5) is 11.4 Å². The van der Waals surface area contributed by atoms with Crippen molar-refractivity contribution in [2.75, 3.05) is 16.2 Å². The Balaban J connectivity index is 1.96. The van der Waals surface area contributed by atoms with E-state index in [2.05, 4.69) is 16.5 Å². The largest absolute Gasteiger partial charge is 0.367 e. The first-order valence-electron chi connectivity index (χ1n) is 8.52. The highest BCUT2D eigenvalue weighted by molar-refractivity contribution is 7.92. The molecule has 1 fully saturated rings. The van der Waals surface area contributed by atoms with Gasteiger partial charge in [0.15, 0.2) is 0 Å². The molecule has 2 aromatic carbocycles. The number of piperidine rings is 1. The fourth-order valence-corrected chi connectivity index (χ4v) is 4.45. The molecule has 0 saturated carbocycles. The van der Waals surface area contributed by atoms with Crippen LogP contribution in [0, 0.1) is 6.92 Å². The molecule has 0 radical (unpaired) electrons. The summed E-state index contributed by atoms with van der Waals surface area (Å²) in [4.78, 5) is 2.50. The molecule has 0 aromatic heterocycles. The van der Waals surface area contributed by atoms with Crippen LogP contribution in [0.25, 0.3) is 0 Å². The van der Waals surface area contributed by atoms with Crippen LogP contribution in [0.3, 0.4) is 0 Å². The second-order valence-corrected chi connectivity index (χ2v) is 8.74. The van der Waals surface area contributed by atoms with Crippen molar-refractivity contribution in [2.45, 2.75) is 44.0 Å². The van der Waals surface area contributed by atoms with Gasteiger partial charge in [0.05, 0.1) is 16.3 Å². The standard InChI is InChI=1S/C19H23ClN2O2S/c1-14-6-9-17(10-7-14)25(23,24)21-18-13-16(20)8-11-19(18)22-12-4-3-5-15(22)2/h6-11,13,15,21H,3-5,12H2,1-2H3. The number of benzene rings is 2. The highest BCUT2D eigenvalue weighted by Gasteiger charge is 2.23. The molecular formula is C19H23ClN2O2S. The summed E-state index contributed by atoms with van der Waals surface area (Å²) in [5, 5.41) is 0.509. The molecule has 1 saturated heterocycles. The molecule has 1 heterocycles. The summed E-state index contributed by atoms with van der Waals surface area (Å²) in [6.45, 7) is 5.02. The third-order valence-electron chi connectivity index (χ3n) is 4.65. The summed E-state index contributed by atoms with van der Waals surface area (Å²) in [5.41, 5.74) is 2.43. The van der Waals surface area contributed by atoms with Gasteiger partial charge in [0.25, 0.3) is 10.0 Å². The molecule has 0 amide bonds. The molecule has 1 aliphatic heterocycles. The number of rotatable bonds is 4. The Morgan fingerprint density at radius 3 is 2.52 bits per heavy atom. The molecular weight excluding hydrogens is 356 g/mol. The molecule has 0 spiro atoms. The zero-order valence-corrected chi connectivity index (χ0v) is 16.1. The van der Waals surface area contributed by atoms with Crippen LogP contribution >= 0.6 is 11.6 Å². The molecule has 0 aliphatic carbocycles. The predicted molar refractivity (Wildman–Crippen MR) is 104 cm³/mol. The average molecular weight is 379 g/mol. The number of aryl methyl sites for hydroxylation is 1. The zero-order valence-electron chi connectivity index (χ0n) is 14.5. The van der Waals surface area contributed by atoms with Crippen LogP contribution in [0.2, 0.25) is 5.02 Å². The van der Waals surface area contributed by atoms with E-state index in [1.807, 2.05) is 19.1 Å². The van der Waals surface area contributed by atoms with Crippen LogP contribution in [-0.2, 0) is 10.0 Å². The van der Waals surface area contributed by atoms with Crippen molar-refractivity contribution in [1.82, 2.24) is 0 Å². The molecule has 3 rings (SSSR count). The Bertz CT molecular complexity index is 850. The minimum Gasteiger partial charge on any atom is -0.367 e. The van der Waals surface area contributed by atoms with Gasteiger partial charge in [0, 0.05) is 17.6 Å². The van der Waals surface area contributed by atoms with Gasteiger partial charge in [-0.3, -0.25) is 4.72 Å². The summed E-state index contributed by atoms with van der Waals surface area (Å²) >= 11 is 6.13. The smallest absolute Gasteiger partial charge is 0.261 e. The molecule has 6 heteroatoms. The Hall–Kier alpha value is -1.72. The second kappa shape index (κ2) is 7.26. The fourth-order valence-electron chi connectivity index (χ4n) is 3.22. The van der Waals surface area contributed by atoms with Gasteiger partial charge in [0.1, 0.15) is 0 Å². The lowest BCUT2D eigenvalue weighted by Crippen LogP contribution is -2.38. The van der Waals surface area contributed by atoms with Crippen LogP contribution in [0.5, 0.6) is 0 Å². The number of hydrogen-bond donors (Lipinski definition) is 1. The topological polar surface area (TPSA) is 49.4 Å². The van der Waals surface area contributed by atoms with Crippen molar-refractivity contribution in [2.24, 2.45) is 0 Å². The summed E-state index contributed by atoms with van der Waals surface area (Å²) in [6, 6.07) is 12.6. The van der Waals surface area contributed by atoms with Crippen molar-refractivity contribution in [1.29, 1.82) is 0 Å². The van der Waals surface area contributed by atoms with Crippen molar-refractivity contribution in [3.63, 3.8) is 0 Å². The number of halogens is 1. The SMILES string of the molecule is Cc1ccc(S(=O)(=O)Nc2cc(Cl)ccc2N2CCCCC2C)cc1. The van der Waals surface area contributed by atoms with Crippen molar-refractivity contribution in [3.05, 3.63) is 53.1 Å². The van der Waals surface area contributed by atoms with E-state index in [4.69, 9.17) is 11.6 Å². The van der Waals surface area contributed by atoms with Gasteiger partial charge in [0.2, 0.25) is 0 Å². The lowest BCUT2D eigenvalue weighted by molar-refractivity contribution is 0.485. The molecule has 4 nitrogen and oxygen atoms in total. The van der Waals surface area contributed by atoms with Crippen LogP contribution < -0.4 is 9.62 Å². The average Bonchev–Trinajstić information content (AvgIpc) is 2.56. The maximum Gasteiger partial charge on any atom is 0.261 e. The lowest BCUT2D eigenvalue weighted by atomic mass is 10.0. The molecule has 25 heavy (non-hydrogen) atoms. The van der Waals surface area contributed by atoms with E-state index in [0.717, 1.165) is 30.6 Å². The highest BCUT2D eigenvalue weighted by Crippen LogP contribution is 2.34. The van der Waals surface area contributed by atoms with Crippen molar-refractivity contribution >= 4 is 33.0 Å². The third-order valence-corrected chi connectivity index (χ3v) is 6.26. The van der Waals surface area contributed by atoms with Crippen molar-refractivity contribution in [3.8, 4) is 0 Å². The van der Waals surface area contributed by atoms with Crippen LogP contribution in [0.15, 0.2) is 47.4 Å². The quantitative estimate of drug-likeness (QED) is 0.829. The Kier molecular flexibility index (Phi) is 5.25. The van der Waals surface area contributed by atoms with Gasteiger partial charge >= 0.3 is 0 Å². The van der Waals surface area contributed by atoms with E-state index in [1.54, 1.807) is 30.3 Å². The summed E-state index contributed by atoms with van der Waals surface area (Å²) in [6.07, 6.45) is 3.42. The number of sulfonamides is 1. The van der Waals surface area contributed by atoms with Gasteiger partial charge in [-0.25, -0.2) is 8.42 Å². The van der Waals surface area contributed by atoms with Crippen LogP contribution in [-0.4, -0.2) is 21.0 Å². The highest BCUT2D eigenvalue weighted by atomic mass is 35.5. The first-order valence-corrected chi connectivity index (χ1v) is 10.4. The first-order chi connectivity index (χ1) is 11.9. The maximum atomic E-state index is 12.8. The van der Waals surface area contributed by atoms with Crippen molar-refractivity contribution < 1.29 is 8.42 Å². The molecule has 0 bridgehead atoms. The minimum absolute atomic E-state index is 0.246. The molecule has 1 atom stereocenters. The summed E-state index contributed by atoms with van der Waals surface area (Å²) in [5.74, 6) is 0. The normalized spacial score (nSPS) is 18.2. The van der Waals surface area contributed by atoms with E-state index >= 15 is 0 Å². The number of hydrogen-bond acceptors (Lipinski definition) is 3. The molecule has 1 unspecified atom stereocenters. The van der Waals surface area contributed by atoms with E-state index in [0.29, 0.717) is 16.8 Å². The van der Waals surface area contributed by atoms with Gasteiger partial charge in [-0.05, 0) is 63.4 Å². The number of nitrogens with one attached hydrogen (secondary N) is 1. The van der Waals surface area contributed by atoms with Crippen LogP contribution in [0.1, 0.15) is 31.7 Å². The predicted octanol–water partition coefficient (Wildman–Crippen LogP) is 4.83. The maximum absolute atomic E-state index is 12.8. The van der Waals surface area contributed by atoms with E-state index in [9.17, 15) is 8.42 Å². The number of nitrogens with zero attached hydrogens (tertiary/aromatic N) is 1. The lowest BCUT2D eigenvalue weighted by Gasteiger charge is -2.36. The monoisotopic (exact) mass is 378 g/mol. The fraction of sp³-hybridized carbons (Fsp3) is 0.368. The second-order valence-electron chi connectivity index (χ2n) is 6.62. The molecule has 2 aromatic rings. The third kappa shape index (κ3) is 4.10. The minimum atomic E-state index is -3.66. The van der Waals surface area contributed by atoms with E-state index in [-0.39, 0.29) is 4.90 Å². The Morgan fingerprint density at radius 1 is 1.12 bits per heavy atom. The Morgan fingerprint density at radius 2 is 1.84 bits per heavy atom.